The molecule has 3 N–H and O–H groups in total. The monoisotopic (exact) mass is 345 g/mol. The molecule has 5 nitrogen and oxygen atoms in total. The third-order valence-electron chi connectivity index (χ3n) is 4.84. The van der Waals surface area contributed by atoms with Gasteiger partial charge in [0.15, 0.2) is 5.65 Å². The van der Waals surface area contributed by atoms with Crippen molar-refractivity contribution in [3.63, 3.8) is 0 Å². The van der Waals surface area contributed by atoms with Crippen molar-refractivity contribution in [2.45, 2.75) is 64.7 Å². The Labute approximate surface area is 152 Å². The van der Waals surface area contributed by atoms with E-state index in [0.29, 0.717) is 11.8 Å². The molecule has 0 aliphatic carbocycles. The molecule has 0 spiro atoms. The molecule has 2 aromatic rings. The molecule has 0 radical (unpaired) electrons. The van der Waals surface area contributed by atoms with Crippen LogP contribution in [0.1, 0.15) is 76.1 Å². The van der Waals surface area contributed by atoms with Gasteiger partial charge < -0.3 is 15.6 Å². The number of nitrogens with zero attached hydrogens (tertiary/aromatic N) is 2. The van der Waals surface area contributed by atoms with E-state index in [1.54, 1.807) is 0 Å². The topological polar surface area (TPSA) is 65.6 Å². The van der Waals surface area contributed by atoms with Gasteiger partial charge in [0.25, 0.3) is 0 Å². The highest BCUT2D eigenvalue weighted by Crippen LogP contribution is 2.31. The van der Waals surface area contributed by atoms with Crippen molar-refractivity contribution < 1.29 is 0 Å². The molecule has 3 heterocycles. The number of aromatic nitrogens is 3. The Bertz CT molecular complexity index is 616. The van der Waals surface area contributed by atoms with Gasteiger partial charge in [-0.1, -0.05) is 27.2 Å². The highest BCUT2D eigenvalue weighted by atomic mass is 15.0. The fourth-order valence-electron chi connectivity index (χ4n) is 3.47. The van der Waals surface area contributed by atoms with Gasteiger partial charge in [0, 0.05) is 12.1 Å². The molecule has 1 aliphatic heterocycles. The van der Waals surface area contributed by atoms with E-state index in [0.717, 1.165) is 49.5 Å². The van der Waals surface area contributed by atoms with Crippen LogP contribution in [0.2, 0.25) is 0 Å². The molecule has 0 bridgehead atoms. The fraction of sp³-hybridized carbons (Fsp3) is 0.700. The number of rotatable bonds is 6. The molecule has 25 heavy (non-hydrogen) atoms. The minimum atomic E-state index is 0.475. The highest BCUT2D eigenvalue weighted by Gasteiger charge is 2.21. The van der Waals surface area contributed by atoms with Crippen molar-refractivity contribution in [3.05, 3.63) is 23.7 Å². The van der Waals surface area contributed by atoms with Gasteiger partial charge in [0.05, 0.1) is 5.52 Å². The van der Waals surface area contributed by atoms with Crippen molar-refractivity contribution in [2.75, 3.05) is 26.7 Å². The first kappa shape index (κ1) is 19.9. The molecule has 1 aliphatic rings. The summed E-state index contributed by atoms with van der Waals surface area (Å²) >= 11 is 0. The number of H-pyrrole nitrogens is 1. The molecule has 1 fully saturated rings. The van der Waals surface area contributed by atoms with Gasteiger partial charge in [-0.05, 0) is 69.9 Å². The number of pyridine rings is 1. The zero-order valence-corrected chi connectivity index (χ0v) is 16.4. The Hall–Kier alpha value is -1.46. The third kappa shape index (κ3) is 5.25. The van der Waals surface area contributed by atoms with Crippen LogP contribution in [0.3, 0.4) is 0 Å². The third-order valence-corrected chi connectivity index (χ3v) is 4.84. The second-order valence-electron chi connectivity index (χ2n) is 6.95. The molecule has 0 aromatic carbocycles. The van der Waals surface area contributed by atoms with E-state index < -0.39 is 0 Å². The van der Waals surface area contributed by atoms with Crippen LogP contribution in [0, 0.1) is 0 Å². The second kappa shape index (κ2) is 10.5. The predicted molar refractivity (Wildman–Crippen MR) is 106 cm³/mol. The lowest BCUT2D eigenvalue weighted by Crippen LogP contribution is -2.26. The van der Waals surface area contributed by atoms with Crippen molar-refractivity contribution >= 4 is 11.2 Å². The Morgan fingerprint density at radius 3 is 2.60 bits per heavy atom. The summed E-state index contributed by atoms with van der Waals surface area (Å²) in [6, 6.07) is 2.18. The summed E-state index contributed by atoms with van der Waals surface area (Å²) in [6.45, 7) is 9.71. The van der Waals surface area contributed by atoms with Crippen LogP contribution >= 0.6 is 0 Å². The first-order valence-electron chi connectivity index (χ1n) is 9.94. The van der Waals surface area contributed by atoms with E-state index in [9.17, 15) is 0 Å². The number of imidazole rings is 1. The van der Waals surface area contributed by atoms with Crippen molar-refractivity contribution in [1.82, 2.24) is 25.6 Å². The van der Waals surface area contributed by atoms with Gasteiger partial charge in [0.2, 0.25) is 0 Å². The average molecular weight is 346 g/mol. The maximum Gasteiger partial charge on any atom is 0.177 e. The van der Waals surface area contributed by atoms with Crippen LogP contribution in [0.5, 0.6) is 0 Å². The van der Waals surface area contributed by atoms with E-state index in [-0.39, 0.29) is 0 Å². The SMILES string of the molecule is CCC.CCC(CCNC)c1nc2nccc(C3CCNCC3)c2[nH]1. The Kier molecular flexibility index (Phi) is 8.35. The van der Waals surface area contributed by atoms with Gasteiger partial charge in [0.1, 0.15) is 5.82 Å². The summed E-state index contributed by atoms with van der Waals surface area (Å²) < 4.78 is 0. The summed E-state index contributed by atoms with van der Waals surface area (Å²) in [5.41, 5.74) is 3.44. The smallest absolute Gasteiger partial charge is 0.177 e. The van der Waals surface area contributed by atoms with Gasteiger partial charge in [-0.2, -0.15) is 0 Å². The zero-order valence-electron chi connectivity index (χ0n) is 16.4. The molecule has 1 saturated heterocycles. The maximum atomic E-state index is 4.78. The van der Waals surface area contributed by atoms with Gasteiger partial charge in [-0.15, -0.1) is 0 Å². The van der Waals surface area contributed by atoms with Gasteiger partial charge in [-0.25, -0.2) is 9.97 Å². The Morgan fingerprint density at radius 2 is 1.96 bits per heavy atom. The number of hydrogen-bond acceptors (Lipinski definition) is 4. The minimum Gasteiger partial charge on any atom is -0.340 e. The summed E-state index contributed by atoms with van der Waals surface area (Å²) in [6.07, 6.45) is 7.77. The molecule has 5 heteroatoms. The molecule has 1 atom stereocenters. The first-order valence-corrected chi connectivity index (χ1v) is 9.94. The lowest BCUT2D eigenvalue weighted by Gasteiger charge is -2.23. The Balaban J connectivity index is 0.000000701. The normalized spacial score (nSPS) is 16.5. The molecular formula is C20H35N5. The standard InChI is InChI=1S/C17H27N5.C3H8/c1-3-12(4-8-18-2)16-21-15-14(7-11-20-17(15)22-16)13-5-9-19-10-6-13;1-3-2/h7,11-13,18-19H,3-6,8-10H2,1-2H3,(H,20,21,22);3H2,1-2H3. The summed E-state index contributed by atoms with van der Waals surface area (Å²) in [4.78, 5) is 12.9. The largest absolute Gasteiger partial charge is 0.340 e. The molecular weight excluding hydrogens is 310 g/mol. The number of fused-ring (bicyclic) bond motifs is 1. The predicted octanol–water partition coefficient (Wildman–Crippen LogP) is 3.94. The van der Waals surface area contributed by atoms with Crippen LogP contribution < -0.4 is 10.6 Å². The molecule has 140 valence electrons. The van der Waals surface area contributed by atoms with Crippen molar-refractivity contribution in [3.8, 4) is 0 Å². The number of piperidine rings is 1. The van der Waals surface area contributed by atoms with E-state index in [1.165, 1.54) is 24.8 Å². The van der Waals surface area contributed by atoms with Crippen LogP contribution in [-0.2, 0) is 0 Å². The molecule has 2 aromatic heterocycles. The highest BCUT2D eigenvalue weighted by molar-refractivity contribution is 5.75. The van der Waals surface area contributed by atoms with Gasteiger partial charge in [-0.3, -0.25) is 0 Å². The van der Waals surface area contributed by atoms with E-state index in [4.69, 9.17) is 4.98 Å². The summed E-state index contributed by atoms with van der Waals surface area (Å²) in [5.74, 6) is 2.20. The minimum absolute atomic E-state index is 0.475. The fourth-order valence-corrected chi connectivity index (χ4v) is 3.47. The summed E-state index contributed by atoms with van der Waals surface area (Å²) in [7, 11) is 2.00. The first-order chi connectivity index (χ1) is 12.2. The molecule has 1 unspecified atom stereocenters. The van der Waals surface area contributed by atoms with E-state index in [2.05, 4.69) is 47.4 Å². The molecule has 3 rings (SSSR count). The van der Waals surface area contributed by atoms with Crippen LogP contribution in [-0.4, -0.2) is 41.6 Å². The number of aromatic amines is 1. The number of nitrogens with one attached hydrogen (secondary N) is 3. The Morgan fingerprint density at radius 1 is 1.24 bits per heavy atom. The molecule has 0 saturated carbocycles. The molecule has 0 amide bonds. The second-order valence-corrected chi connectivity index (χ2v) is 6.95. The van der Waals surface area contributed by atoms with Crippen LogP contribution in [0.25, 0.3) is 11.2 Å². The average Bonchev–Trinajstić information content (AvgIpc) is 3.08. The van der Waals surface area contributed by atoms with E-state index in [1.807, 2.05) is 13.2 Å². The van der Waals surface area contributed by atoms with E-state index >= 15 is 0 Å². The number of hydrogen-bond donors (Lipinski definition) is 3. The van der Waals surface area contributed by atoms with Crippen LogP contribution in [0.4, 0.5) is 0 Å². The zero-order chi connectivity index (χ0) is 18.1. The van der Waals surface area contributed by atoms with Crippen molar-refractivity contribution in [1.29, 1.82) is 0 Å². The quantitative estimate of drug-likeness (QED) is 0.742. The lowest BCUT2D eigenvalue weighted by atomic mass is 9.90. The lowest BCUT2D eigenvalue weighted by molar-refractivity contribution is 0.462. The maximum absolute atomic E-state index is 4.78. The summed E-state index contributed by atoms with van der Waals surface area (Å²) in [5, 5.41) is 6.67. The van der Waals surface area contributed by atoms with Crippen molar-refractivity contribution in [2.24, 2.45) is 0 Å². The van der Waals surface area contributed by atoms with Gasteiger partial charge >= 0.3 is 0 Å². The van der Waals surface area contributed by atoms with Crippen LogP contribution in [0.15, 0.2) is 12.3 Å².